The van der Waals surface area contributed by atoms with Gasteiger partial charge in [0.15, 0.2) is 11.5 Å². The molecule has 0 unspecified atom stereocenters. The van der Waals surface area contributed by atoms with Crippen LogP contribution in [0.4, 0.5) is 5.82 Å². The van der Waals surface area contributed by atoms with E-state index in [4.69, 9.17) is 0 Å². The number of nitrogens with zero attached hydrogens (tertiary/aromatic N) is 4. The largest absolute Gasteiger partial charge is 0.355 e. The van der Waals surface area contributed by atoms with Crippen molar-refractivity contribution in [2.24, 2.45) is 13.0 Å². The predicted octanol–water partition coefficient (Wildman–Crippen LogP) is 1.97. The Morgan fingerprint density at radius 2 is 2.25 bits per heavy atom. The summed E-state index contributed by atoms with van der Waals surface area (Å²) in [6.07, 6.45) is 4.19. The molecule has 146 valence electrons. The molecule has 1 aliphatic heterocycles. The van der Waals surface area contributed by atoms with Crippen molar-refractivity contribution in [1.29, 1.82) is 0 Å². The van der Waals surface area contributed by atoms with Crippen molar-refractivity contribution in [2.75, 3.05) is 24.5 Å². The van der Waals surface area contributed by atoms with Gasteiger partial charge in [-0.3, -0.25) is 14.2 Å². The van der Waals surface area contributed by atoms with Crippen molar-refractivity contribution >= 4 is 34.2 Å². The van der Waals surface area contributed by atoms with Crippen molar-refractivity contribution < 1.29 is 4.79 Å². The van der Waals surface area contributed by atoms with E-state index in [9.17, 15) is 9.59 Å². The summed E-state index contributed by atoms with van der Waals surface area (Å²) in [6, 6.07) is 7.76. The van der Waals surface area contributed by atoms with E-state index >= 15 is 0 Å². The number of nitrogens with one attached hydrogen (secondary N) is 1. The van der Waals surface area contributed by atoms with Crippen LogP contribution < -0.4 is 15.8 Å². The van der Waals surface area contributed by atoms with Crippen LogP contribution in [-0.4, -0.2) is 40.1 Å². The van der Waals surface area contributed by atoms with Crippen LogP contribution in [0.15, 0.2) is 40.6 Å². The monoisotopic (exact) mass is 397 g/mol. The van der Waals surface area contributed by atoms with Crippen LogP contribution in [-0.2, 0) is 18.3 Å². The van der Waals surface area contributed by atoms with Crippen molar-refractivity contribution in [2.45, 2.75) is 19.3 Å². The molecule has 0 aromatic carbocycles. The van der Waals surface area contributed by atoms with E-state index in [-0.39, 0.29) is 17.4 Å². The van der Waals surface area contributed by atoms with Crippen molar-refractivity contribution in [1.82, 2.24) is 19.9 Å². The highest BCUT2D eigenvalue weighted by Crippen LogP contribution is 2.21. The summed E-state index contributed by atoms with van der Waals surface area (Å²) in [6.45, 7) is 1.88. The fourth-order valence-electron chi connectivity index (χ4n) is 3.64. The van der Waals surface area contributed by atoms with Crippen LogP contribution in [0.2, 0.25) is 0 Å². The van der Waals surface area contributed by atoms with Crippen LogP contribution >= 0.6 is 11.3 Å². The Hall–Kier alpha value is -2.74. The average Bonchev–Trinajstić information content (AvgIpc) is 3.24. The summed E-state index contributed by atoms with van der Waals surface area (Å²) in [7, 11) is 1.71. The summed E-state index contributed by atoms with van der Waals surface area (Å²) in [4.78, 5) is 37.4. The fraction of sp³-hybridized carbons (Fsp3) is 0.400. The first-order valence-corrected chi connectivity index (χ1v) is 10.4. The Kier molecular flexibility index (Phi) is 5.38. The molecule has 0 aliphatic carbocycles. The quantitative estimate of drug-likeness (QED) is 0.712. The van der Waals surface area contributed by atoms with Gasteiger partial charge in [-0.05, 0) is 42.8 Å². The molecular weight excluding hydrogens is 374 g/mol. The third kappa shape index (κ3) is 3.77. The van der Waals surface area contributed by atoms with E-state index in [0.717, 1.165) is 25.8 Å². The highest BCUT2D eigenvalue weighted by molar-refractivity contribution is 7.09. The number of carbonyl (C=O) groups excluding carboxylic acids is 1. The third-order valence-electron chi connectivity index (χ3n) is 5.15. The van der Waals surface area contributed by atoms with Crippen LogP contribution in [0, 0.1) is 5.92 Å². The number of aromatic nitrogens is 3. The molecule has 1 N–H and O–H groups in total. The maximum atomic E-state index is 12.8. The molecule has 8 heteroatoms. The second-order valence-corrected chi connectivity index (χ2v) is 8.08. The fourth-order valence-corrected chi connectivity index (χ4v) is 4.35. The first-order valence-electron chi connectivity index (χ1n) is 9.50. The van der Waals surface area contributed by atoms with E-state index < -0.39 is 0 Å². The van der Waals surface area contributed by atoms with Gasteiger partial charge in [-0.25, -0.2) is 9.97 Å². The number of rotatable bonds is 5. The maximum absolute atomic E-state index is 12.8. The van der Waals surface area contributed by atoms with Gasteiger partial charge in [-0.15, -0.1) is 11.3 Å². The minimum absolute atomic E-state index is 0.0561. The zero-order valence-electron chi connectivity index (χ0n) is 15.8. The van der Waals surface area contributed by atoms with Gasteiger partial charge in [0.1, 0.15) is 5.52 Å². The third-order valence-corrected chi connectivity index (χ3v) is 6.08. The normalized spacial score (nSPS) is 17.0. The lowest BCUT2D eigenvalue weighted by Gasteiger charge is -2.32. The van der Waals surface area contributed by atoms with Crippen molar-refractivity contribution in [3.05, 3.63) is 51.1 Å². The van der Waals surface area contributed by atoms with E-state index in [1.54, 1.807) is 24.6 Å². The molecule has 0 radical (unpaired) electrons. The summed E-state index contributed by atoms with van der Waals surface area (Å²) in [5, 5.41) is 5.09. The lowest BCUT2D eigenvalue weighted by atomic mass is 9.97. The highest BCUT2D eigenvalue weighted by atomic mass is 32.1. The number of thiophene rings is 1. The molecule has 0 bridgehead atoms. The number of anilines is 1. The number of hydrogen-bond acceptors (Lipinski definition) is 6. The van der Waals surface area contributed by atoms with Crippen LogP contribution in [0.1, 0.15) is 17.7 Å². The first-order chi connectivity index (χ1) is 13.6. The van der Waals surface area contributed by atoms with Crippen molar-refractivity contribution in [3.63, 3.8) is 0 Å². The Bertz CT molecular complexity index is 1030. The number of hydrogen-bond donors (Lipinski definition) is 1. The number of piperidine rings is 1. The first kappa shape index (κ1) is 18.6. The molecule has 1 amide bonds. The number of aryl methyl sites for hydroxylation is 1. The smallest absolute Gasteiger partial charge is 0.294 e. The average molecular weight is 398 g/mol. The number of fused-ring (bicyclic) bond motifs is 1. The minimum atomic E-state index is -0.176. The van der Waals surface area contributed by atoms with Gasteiger partial charge in [0.2, 0.25) is 5.91 Å². The number of carbonyl (C=O) groups is 1. The van der Waals surface area contributed by atoms with Gasteiger partial charge in [-0.2, -0.15) is 0 Å². The zero-order valence-corrected chi connectivity index (χ0v) is 16.6. The SMILES string of the molecule is Cn1c(=O)c(N2CCC[C@@H](C(=O)NCCc3cccs3)C2)nc2cccnc21. The number of pyridine rings is 1. The molecule has 1 atom stereocenters. The van der Waals surface area contributed by atoms with E-state index in [1.165, 1.54) is 9.44 Å². The molecular formula is C20H23N5O2S. The number of amides is 1. The summed E-state index contributed by atoms with van der Waals surface area (Å²) in [5.41, 5.74) is 1.07. The van der Waals surface area contributed by atoms with E-state index in [2.05, 4.69) is 21.4 Å². The molecule has 7 nitrogen and oxygen atoms in total. The van der Waals surface area contributed by atoms with Crippen LogP contribution in [0.25, 0.3) is 11.2 Å². The molecule has 3 aromatic rings. The topological polar surface area (TPSA) is 80.1 Å². The lowest BCUT2D eigenvalue weighted by Crippen LogP contribution is -2.45. The summed E-state index contributed by atoms with van der Waals surface area (Å²) < 4.78 is 1.53. The second-order valence-electron chi connectivity index (χ2n) is 7.05. The van der Waals surface area contributed by atoms with Gasteiger partial charge in [0.05, 0.1) is 5.92 Å². The Balaban J connectivity index is 1.46. The molecule has 1 saturated heterocycles. The minimum Gasteiger partial charge on any atom is -0.355 e. The van der Waals surface area contributed by atoms with Gasteiger partial charge in [0.25, 0.3) is 5.56 Å². The Labute approximate surface area is 167 Å². The molecule has 4 heterocycles. The molecule has 28 heavy (non-hydrogen) atoms. The Morgan fingerprint density at radius 3 is 3.07 bits per heavy atom. The molecule has 0 spiro atoms. The molecule has 4 rings (SSSR count). The zero-order chi connectivity index (χ0) is 19.5. The van der Waals surface area contributed by atoms with Gasteiger partial charge in [-0.1, -0.05) is 6.07 Å². The standard InChI is InChI=1S/C20H23N5O2S/c1-24-17-16(7-2-9-21-17)23-18(20(24)27)25-11-3-5-14(13-25)19(26)22-10-8-15-6-4-12-28-15/h2,4,6-7,9,12,14H,3,5,8,10-11,13H2,1H3,(H,22,26)/t14-/m1/s1. The van der Waals surface area contributed by atoms with Crippen LogP contribution in [0.3, 0.4) is 0 Å². The molecule has 0 saturated carbocycles. The van der Waals surface area contributed by atoms with Crippen molar-refractivity contribution in [3.8, 4) is 0 Å². The Morgan fingerprint density at radius 1 is 1.36 bits per heavy atom. The molecule has 3 aromatic heterocycles. The molecule has 1 fully saturated rings. The van der Waals surface area contributed by atoms with Gasteiger partial charge >= 0.3 is 0 Å². The second kappa shape index (κ2) is 8.10. The van der Waals surface area contributed by atoms with Crippen LogP contribution in [0.5, 0.6) is 0 Å². The lowest BCUT2D eigenvalue weighted by molar-refractivity contribution is -0.125. The summed E-state index contributed by atoms with van der Waals surface area (Å²) >= 11 is 1.70. The van der Waals surface area contributed by atoms with Gasteiger partial charge in [0, 0.05) is 37.8 Å². The molecule has 1 aliphatic rings. The van der Waals surface area contributed by atoms with E-state index in [1.807, 2.05) is 28.5 Å². The highest BCUT2D eigenvalue weighted by Gasteiger charge is 2.28. The predicted molar refractivity (Wildman–Crippen MR) is 111 cm³/mol. The van der Waals surface area contributed by atoms with E-state index in [0.29, 0.717) is 30.1 Å². The summed E-state index contributed by atoms with van der Waals surface area (Å²) in [5.74, 6) is 0.327. The maximum Gasteiger partial charge on any atom is 0.294 e. The van der Waals surface area contributed by atoms with Gasteiger partial charge < -0.3 is 10.2 Å².